The average molecular weight is 483 g/mol. The molecule has 5 rings (SSSR count). The molecule has 0 saturated heterocycles. The van der Waals surface area contributed by atoms with Crippen molar-refractivity contribution in [3.8, 4) is 0 Å². The van der Waals surface area contributed by atoms with Crippen LogP contribution in [0.2, 0.25) is 0 Å². The first kappa shape index (κ1) is 25.2. The lowest BCUT2D eigenvalue weighted by Gasteiger charge is -2.38. The summed E-state index contributed by atoms with van der Waals surface area (Å²) in [4.78, 5) is 0. The molecule has 3 aromatic rings. The van der Waals surface area contributed by atoms with Crippen molar-refractivity contribution in [2.75, 3.05) is 28.4 Å². The van der Waals surface area contributed by atoms with Gasteiger partial charge in [0.05, 0.1) is 23.7 Å². The Hall–Kier alpha value is -2.50. The number of methoxy groups -OCH3 is 4. The Kier molecular flexibility index (Phi) is 7.32. The number of rotatable bonds is 8. The van der Waals surface area contributed by atoms with Crippen LogP contribution in [0.3, 0.4) is 0 Å². The first-order valence-electron chi connectivity index (χ1n) is 12.5. The normalized spacial score (nSPS) is 20.8. The third kappa shape index (κ3) is 4.01. The molecule has 0 atom stereocenters. The van der Waals surface area contributed by atoms with E-state index < -0.39 is 11.6 Å². The highest BCUT2D eigenvalue weighted by Crippen LogP contribution is 2.54. The molecule has 2 fully saturated rings. The predicted octanol–water partition coefficient (Wildman–Crippen LogP) is 6.34. The molecule has 186 valence electrons. The topological polar surface area (TPSA) is 36.9 Å². The van der Waals surface area contributed by atoms with Crippen molar-refractivity contribution in [2.24, 2.45) is 0 Å². The van der Waals surface area contributed by atoms with Gasteiger partial charge in [0.1, 0.15) is 0 Å². The third-order valence-corrected chi connectivity index (χ3v) is 7.82. The summed E-state index contributed by atoms with van der Waals surface area (Å²) < 4.78 is 24.4. The maximum Gasteiger partial charge on any atom is 0.189 e. The van der Waals surface area contributed by atoms with Gasteiger partial charge in [0.25, 0.3) is 0 Å². The molecule has 0 N–H and O–H groups in total. The fraction of sp³-hybridized carbons (Fsp3) is 0.312. The van der Waals surface area contributed by atoms with Crippen molar-refractivity contribution in [2.45, 2.75) is 37.3 Å². The molecule has 4 nitrogen and oxygen atoms in total. The Balaban J connectivity index is 1.44. The summed E-state index contributed by atoms with van der Waals surface area (Å²) in [6.07, 6.45) is 3.56. The lowest BCUT2D eigenvalue weighted by molar-refractivity contribution is -0.168. The van der Waals surface area contributed by atoms with Gasteiger partial charge < -0.3 is 18.9 Å². The fourth-order valence-corrected chi connectivity index (χ4v) is 6.16. The van der Waals surface area contributed by atoms with Crippen LogP contribution in [0.5, 0.6) is 0 Å². The largest absolute Gasteiger partial charge is 0.351 e. The minimum Gasteiger partial charge on any atom is -0.351 e. The molecule has 4 radical (unpaired) electrons. The van der Waals surface area contributed by atoms with Gasteiger partial charge in [0, 0.05) is 28.4 Å². The van der Waals surface area contributed by atoms with Gasteiger partial charge >= 0.3 is 0 Å². The highest BCUT2D eigenvalue weighted by atomic mass is 16.7. The van der Waals surface area contributed by atoms with Crippen molar-refractivity contribution in [1.29, 1.82) is 0 Å². The van der Waals surface area contributed by atoms with E-state index in [1.54, 1.807) is 28.4 Å². The zero-order chi connectivity index (χ0) is 25.2. The minimum absolute atomic E-state index is 0.861. The van der Waals surface area contributed by atoms with E-state index in [0.717, 1.165) is 71.6 Å². The molecule has 0 heterocycles. The lowest BCUT2D eigenvalue weighted by atomic mass is 9.83. The number of benzene rings is 3. The summed E-state index contributed by atoms with van der Waals surface area (Å²) >= 11 is 0. The quantitative estimate of drug-likeness (QED) is 0.351. The van der Waals surface area contributed by atoms with Crippen LogP contribution in [-0.2, 0) is 18.9 Å². The van der Waals surface area contributed by atoms with E-state index >= 15 is 0 Å². The zero-order valence-corrected chi connectivity index (χ0v) is 21.5. The van der Waals surface area contributed by atoms with E-state index in [0.29, 0.717) is 0 Å². The summed E-state index contributed by atoms with van der Waals surface area (Å²) in [5.41, 5.74) is 4.56. The molecule has 2 saturated carbocycles. The highest BCUT2D eigenvalue weighted by molar-refractivity contribution is 5.54. The number of hydrogen-bond acceptors (Lipinski definition) is 4. The van der Waals surface area contributed by atoms with Crippen molar-refractivity contribution in [1.82, 2.24) is 0 Å². The van der Waals surface area contributed by atoms with E-state index in [4.69, 9.17) is 18.9 Å². The second kappa shape index (κ2) is 10.5. The van der Waals surface area contributed by atoms with Crippen LogP contribution in [0, 0.1) is 23.7 Å². The van der Waals surface area contributed by atoms with Crippen LogP contribution in [0.1, 0.15) is 47.9 Å². The molecule has 4 heteroatoms. The summed E-state index contributed by atoms with van der Waals surface area (Å²) in [6, 6.07) is 29.5. The minimum atomic E-state index is -0.861. The Morgan fingerprint density at radius 2 is 0.639 bits per heavy atom. The van der Waals surface area contributed by atoms with Gasteiger partial charge in [0.15, 0.2) is 11.6 Å². The molecule has 0 aromatic heterocycles. The molecule has 2 aliphatic rings. The standard InChI is InChI=1S/C32H34O4/c1-33-31(34-2)27(23-11-7-5-8-12-23)19-21-29(31)25-15-17-26(18-16-25)30-22-20-28(32(30,35-3)36-4)24-13-9-6-10-14-24/h5-18H,19-22H2,1-4H3. The van der Waals surface area contributed by atoms with Gasteiger partial charge in [-0.15, -0.1) is 0 Å². The van der Waals surface area contributed by atoms with Crippen LogP contribution in [0.4, 0.5) is 0 Å². The predicted molar refractivity (Wildman–Crippen MR) is 141 cm³/mol. The van der Waals surface area contributed by atoms with Gasteiger partial charge in [-0.1, -0.05) is 84.9 Å². The smallest absolute Gasteiger partial charge is 0.189 e. The lowest BCUT2D eigenvalue weighted by Crippen LogP contribution is -2.43. The van der Waals surface area contributed by atoms with Gasteiger partial charge in [-0.25, -0.2) is 0 Å². The molecular formula is C32H34O4. The van der Waals surface area contributed by atoms with Gasteiger partial charge in [-0.05, 0) is 47.9 Å². The number of hydrogen-bond donors (Lipinski definition) is 0. The van der Waals surface area contributed by atoms with Crippen LogP contribution in [0.25, 0.3) is 0 Å². The molecule has 0 spiro atoms. The Morgan fingerprint density at radius 1 is 0.389 bits per heavy atom. The van der Waals surface area contributed by atoms with Crippen LogP contribution < -0.4 is 0 Å². The van der Waals surface area contributed by atoms with E-state index in [9.17, 15) is 0 Å². The zero-order valence-electron chi connectivity index (χ0n) is 21.5. The van der Waals surface area contributed by atoms with E-state index in [-0.39, 0.29) is 0 Å². The SMILES string of the molecule is COC1(OC)[C](c2ccccc2)CC[C]1c1ccc([C]2CC[C](c3ccccc3)C2(OC)OC)cc1. The fourth-order valence-electron chi connectivity index (χ4n) is 6.16. The molecule has 0 amide bonds. The van der Waals surface area contributed by atoms with Crippen molar-refractivity contribution in [3.05, 3.63) is 131 Å². The molecule has 0 bridgehead atoms. The van der Waals surface area contributed by atoms with Crippen LogP contribution in [-0.4, -0.2) is 40.0 Å². The van der Waals surface area contributed by atoms with Gasteiger partial charge in [-0.3, -0.25) is 0 Å². The molecule has 0 unspecified atom stereocenters. The van der Waals surface area contributed by atoms with E-state index in [1.165, 1.54) is 0 Å². The maximum absolute atomic E-state index is 6.10. The van der Waals surface area contributed by atoms with Crippen LogP contribution >= 0.6 is 0 Å². The first-order chi connectivity index (χ1) is 17.6. The average Bonchev–Trinajstić information content (AvgIpc) is 3.53. The van der Waals surface area contributed by atoms with E-state index in [1.807, 2.05) is 12.1 Å². The maximum atomic E-state index is 6.10. The van der Waals surface area contributed by atoms with Gasteiger partial charge in [0.2, 0.25) is 0 Å². The second-order valence-electron chi connectivity index (χ2n) is 9.27. The van der Waals surface area contributed by atoms with Crippen molar-refractivity contribution >= 4 is 0 Å². The number of ether oxygens (including phenoxy) is 4. The highest BCUT2D eigenvalue weighted by Gasteiger charge is 2.55. The Morgan fingerprint density at radius 3 is 0.889 bits per heavy atom. The summed E-state index contributed by atoms with van der Waals surface area (Å²) in [5.74, 6) is 2.90. The van der Waals surface area contributed by atoms with Gasteiger partial charge in [-0.2, -0.15) is 0 Å². The van der Waals surface area contributed by atoms with Crippen molar-refractivity contribution < 1.29 is 18.9 Å². The molecule has 2 aliphatic carbocycles. The molecular weight excluding hydrogens is 448 g/mol. The third-order valence-electron chi connectivity index (χ3n) is 7.82. The monoisotopic (exact) mass is 482 g/mol. The Labute approximate surface area is 215 Å². The van der Waals surface area contributed by atoms with E-state index in [2.05, 4.69) is 72.8 Å². The molecule has 3 aromatic carbocycles. The first-order valence-corrected chi connectivity index (χ1v) is 12.5. The van der Waals surface area contributed by atoms with Crippen molar-refractivity contribution in [3.63, 3.8) is 0 Å². The van der Waals surface area contributed by atoms with Crippen LogP contribution in [0.15, 0.2) is 84.9 Å². The Bertz CT molecular complexity index is 1010. The molecule has 36 heavy (non-hydrogen) atoms. The second-order valence-corrected chi connectivity index (χ2v) is 9.27. The molecule has 0 aliphatic heterocycles. The summed E-state index contributed by atoms with van der Waals surface area (Å²) in [5, 5.41) is 0. The summed E-state index contributed by atoms with van der Waals surface area (Å²) in [6.45, 7) is 0. The summed E-state index contributed by atoms with van der Waals surface area (Å²) in [7, 11) is 6.92.